The zero-order valence-corrected chi connectivity index (χ0v) is 10.0. The molecule has 3 heteroatoms. The normalized spacial score (nSPS) is 29.6. The lowest BCUT2D eigenvalue weighted by Crippen LogP contribution is -2.29. The van der Waals surface area contributed by atoms with Crippen LogP contribution in [0.15, 0.2) is 0 Å². The molecule has 1 rings (SSSR count). The summed E-state index contributed by atoms with van der Waals surface area (Å²) in [5.41, 5.74) is -0.221. The number of carbonyl (C=O) groups is 1. The van der Waals surface area contributed by atoms with Crippen LogP contribution in [0.25, 0.3) is 0 Å². The predicted molar refractivity (Wildman–Crippen MR) is 61.8 cm³/mol. The van der Waals surface area contributed by atoms with Crippen LogP contribution in [0.4, 0.5) is 0 Å². The summed E-state index contributed by atoms with van der Waals surface area (Å²) in [5, 5.41) is 18.2. The van der Waals surface area contributed by atoms with Gasteiger partial charge in [0, 0.05) is 0 Å². The number of hydrogen-bond donors (Lipinski definition) is 1. The van der Waals surface area contributed by atoms with Crippen LogP contribution in [-0.4, -0.2) is 11.1 Å². The van der Waals surface area contributed by atoms with Crippen molar-refractivity contribution < 1.29 is 9.90 Å². The van der Waals surface area contributed by atoms with Crippen molar-refractivity contribution in [3.8, 4) is 6.07 Å². The van der Waals surface area contributed by atoms with Crippen LogP contribution in [0.1, 0.15) is 58.3 Å². The van der Waals surface area contributed by atoms with Gasteiger partial charge in [0.1, 0.15) is 0 Å². The Bertz CT molecular complexity index is 272. The molecule has 0 saturated heterocycles. The van der Waals surface area contributed by atoms with Gasteiger partial charge >= 0.3 is 5.97 Å². The molecule has 0 aromatic carbocycles. The maximum absolute atomic E-state index is 10.8. The Labute approximate surface area is 97.5 Å². The third-order valence-electron chi connectivity index (χ3n) is 3.79. The number of aliphatic carboxylic acids is 1. The average Bonchev–Trinajstić information content (AvgIpc) is 2.30. The third kappa shape index (κ3) is 3.23. The van der Waals surface area contributed by atoms with Gasteiger partial charge in [-0.3, -0.25) is 4.79 Å². The lowest BCUT2D eigenvalue weighted by molar-refractivity contribution is -0.143. The van der Waals surface area contributed by atoms with Crippen molar-refractivity contribution in [3.05, 3.63) is 0 Å². The largest absolute Gasteiger partial charge is 0.481 e. The molecular formula is C13H21NO2. The van der Waals surface area contributed by atoms with E-state index in [2.05, 4.69) is 13.0 Å². The first-order valence-corrected chi connectivity index (χ1v) is 6.27. The van der Waals surface area contributed by atoms with Crippen LogP contribution in [0.2, 0.25) is 0 Å². The second-order valence-electron chi connectivity index (χ2n) is 4.96. The number of carboxylic acids is 1. The van der Waals surface area contributed by atoms with Crippen LogP contribution in [-0.2, 0) is 4.79 Å². The topological polar surface area (TPSA) is 61.1 Å². The molecular weight excluding hydrogens is 202 g/mol. The van der Waals surface area contributed by atoms with E-state index in [1.54, 1.807) is 0 Å². The maximum Gasteiger partial charge on any atom is 0.306 e. The molecule has 0 aromatic rings. The SMILES string of the molecule is CCCCCC1(C#N)CCC(C(=O)O)CC1. The van der Waals surface area contributed by atoms with Gasteiger partial charge in [-0.2, -0.15) is 5.26 Å². The van der Waals surface area contributed by atoms with E-state index in [-0.39, 0.29) is 11.3 Å². The fourth-order valence-corrected chi connectivity index (χ4v) is 2.55. The Morgan fingerprint density at radius 3 is 2.50 bits per heavy atom. The lowest BCUT2D eigenvalue weighted by Gasteiger charge is -2.33. The Balaban J connectivity index is 2.45. The van der Waals surface area contributed by atoms with E-state index >= 15 is 0 Å². The highest BCUT2D eigenvalue weighted by Crippen LogP contribution is 2.42. The molecule has 0 aliphatic heterocycles. The summed E-state index contributed by atoms with van der Waals surface area (Å²) in [4.78, 5) is 10.8. The molecule has 0 unspecified atom stereocenters. The van der Waals surface area contributed by atoms with E-state index in [0.717, 1.165) is 25.7 Å². The van der Waals surface area contributed by atoms with Gasteiger partial charge in [0.15, 0.2) is 0 Å². The minimum absolute atomic E-state index is 0.215. The zero-order chi connectivity index (χ0) is 12.0. The molecule has 1 saturated carbocycles. The van der Waals surface area contributed by atoms with Crippen LogP contribution in [0, 0.1) is 22.7 Å². The Morgan fingerprint density at radius 1 is 1.44 bits per heavy atom. The Morgan fingerprint density at radius 2 is 2.06 bits per heavy atom. The standard InChI is InChI=1S/C13H21NO2/c1-2-3-4-7-13(10-14)8-5-11(6-9-13)12(15)16/h11H,2-9H2,1H3,(H,15,16). The highest BCUT2D eigenvalue weighted by Gasteiger charge is 2.37. The molecule has 1 fully saturated rings. The van der Waals surface area contributed by atoms with Gasteiger partial charge in [-0.25, -0.2) is 0 Å². The van der Waals surface area contributed by atoms with Gasteiger partial charge < -0.3 is 5.11 Å². The molecule has 0 heterocycles. The Hall–Kier alpha value is -1.04. The van der Waals surface area contributed by atoms with Crippen molar-refractivity contribution in [1.29, 1.82) is 5.26 Å². The van der Waals surface area contributed by atoms with Gasteiger partial charge in [0.2, 0.25) is 0 Å². The van der Waals surface area contributed by atoms with Crippen molar-refractivity contribution in [2.45, 2.75) is 58.3 Å². The summed E-state index contributed by atoms with van der Waals surface area (Å²) in [6.07, 6.45) is 7.27. The summed E-state index contributed by atoms with van der Waals surface area (Å²) in [5.74, 6) is -0.909. The predicted octanol–water partition coefficient (Wildman–Crippen LogP) is 3.35. The number of unbranched alkanes of at least 4 members (excludes halogenated alkanes) is 2. The fraction of sp³-hybridized carbons (Fsp3) is 0.846. The summed E-state index contributed by atoms with van der Waals surface area (Å²) in [6, 6.07) is 2.44. The monoisotopic (exact) mass is 223 g/mol. The molecule has 0 bridgehead atoms. The minimum Gasteiger partial charge on any atom is -0.481 e. The molecule has 0 aromatic heterocycles. The molecule has 0 spiro atoms. The van der Waals surface area contributed by atoms with Crippen molar-refractivity contribution in [1.82, 2.24) is 0 Å². The van der Waals surface area contributed by atoms with E-state index in [1.165, 1.54) is 12.8 Å². The summed E-state index contributed by atoms with van der Waals surface area (Å²) < 4.78 is 0. The molecule has 90 valence electrons. The summed E-state index contributed by atoms with van der Waals surface area (Å²) in [7, 11) is 0. The highest BCUT2D eigenvalue weighted by molar-refractivity contribution is 5.70. The van der Waals surface area contributed by atoms with Crippen molar-refractivity contribution in [2.24, 2.45) is 11.3 Å². The van der Waals surface area contributed by atoms with Crippen LogP contribution < -0.4 is 0 Å². The Kier molecular flexibility index (Phi) is 4.79. The van der Waals surface area contributed by atoms with E-state index in [0.29, 0.717) is 12.8 Å². The highest BCUT2D eigenvalue weighted by atomic mass is 16.4. The van der Waals surface area contributed by atoms with E-state index < -0.39 is 5.97 Å². The van der Waals surface area contributed by atoms with Crippen LogP contribution >= 0.6 is 0 Å². The molecule has 0 atom stereocenters. The molecule has 1 N–H and O–H groups in total. The van der Waals surface area contributed by atoms with Gasteiger partial charge in [0.25, 0.3) is 0 Å². The molecule has 1 aliphatic carbocycles. The smallest absolute Gasteiger partial charge is 0.306 e. The van der Waals surface area contributed by atoms with Crippen LogP contribution in [0.5, 0.6) is 0 Å². The third-order valence-corrected chi connectivity index (χ3v) is 3.79. The molecule has 16 heavy (non-hydrogen) atoms. The first kappa shape index (κ1) is 13.0. The molecule has 3 nitrogen and oxygen atoms in total. The van der Waals surface area contributed by atoms with Crippen LogP contribution in [0.3, 0.4) is 0 Å². The second kappa shape index (κ2) is 5.89. The maximum atomic E-state index is 10.8. The quantitative estimate of drug-likeness (QED) is 0.727. The molecule has 0 amide bonds. The van der Waals surface area contributed by atoms with Gasteiger partial charge in [-0.1, -0.05) is 26.2 Å². The number of nitriles is 1. The van der Waals surface area contributed by atoms with E-state index in [1.807, 2.05) is 0 Å². The van der Waals surface area contributed by atoms with E-state index in [9.17, 15) is 10.1 Å². The number of rotatable bonds is 5. The number of nitrogens with zero attached hydrogens (tertiary/aromatic N) is 1. The van der Waals surface area contributed by atoms with Gasteiger partial charge in [0.05, 0.1) is 17.4 Å². The lowest BCUT2D eigenvalue weighted by atomic mass is 9.69. The second-order valence-corrected chi connectivity index (χ2v) is 4.96. The van der Waals surface area contributed by atoms with Crippen molar-refractivity contribution in [3.63, 3.8) is 0 Å². The first-order chi connectivity index (χ1) is 7.63. The van der Waals surface area contributed by atoms with Gasteiger partial charge in [-0.05, 0) is 32.1 Å². The average molecular weight is 223 g/mol. The van der Waals surface area contributed by atoms with E-state index in [4.69, 9.17) is 5.11 Å². The summed E-state index contributed by atoms with van der Waals surface area (Å²) in [6.45, 7) is 2.15. The molecule has 1 aliphatic rings. The number of carboxylic acid groups (broad SMARTS) is 1. The number of hydrogen-bond acceptors (Lipinski definition) is 2. The minimum atomic E-state index is -0.694. The molecule has 0 radical (unpaired) electrons. The van der Waals surface area contributed by atoms with Crippen molar-refractivity contribution >= 4 is 5.97 Å². The summed E-state index contributed by atoms with van der Waals surface area (Å²) >= 11 is 0. The first-order valence-electron chi connectivity index (χ1n) is 6.27. The van der Waals surface area contributed by atoms with Gasteiger partial charge in [-0.15, -0.1) is 0 Å². The zero-order valence-electron chi connectivity index (χ0n) is 10.0. The fourth-order valence-electron chi connectivity index (χ4n) is 2.55. The van der Waals surface area contributed by atoms with Crippen molar-refractivity contribution in [2.75, 3.05) is 0 Å².